The molecule has 0 bridgehead atoms. The highest BCUT2D eigenvalue weighted by Crippen LogP contribution is 1.88. The summed E-state index contributed by atoms with van der Waals surface area (Å²) in [6.07, 6.45) is 2.13. The Hall–Kier alpha value is -1.33. The molecule has 0 aromatic rings. The van der Waals surface area contributed by atoms with E-state index in [9.17, 15) is 4.79 Å². The Morgan fingerprint density at radius 1 is 1.12 bits per heavy atom. The van der Waals surface area contributed by atoms with Gasteiger partial charge in [-0.15, -0.1) is 13.2 Å². The maximum atomic E-state index is 10.3. The third kappa shape index (κ3) is 8.02. The van der Waals surface area contributed by atoms with Gasteiger partial charge in [0.15, 0.2) is 0 Å². The van der Waals surface area contributed by atoms with Gasteiger partial charge in [0.25, 0.3) is 0 Å². The zero-order chi connectivity index (χ0) is 12.2. The quantitative estimate of drug-likeness (QED) is 0.613. The van der Waals surface area contributed by atoms with Gasteiger partial charge in [-0.05, 0) is 0 Å². The van der Waals surface area contributed by atoms with E-state index in [0.717, 1.165) is 26.2 Å². The van der Waals surface area contributed by atoms with Crippen molar-refractivity contribution in [2.45, 2.75) is 0 Å². The van der Waals surface area contributed by atoms with Crippen molar-refractivity contribution in [3.8, 4) is 0 Å². The number of hydrogen-bond donors (Lipinski definition) is 3. The Morgan fingerprint density at radius 2 is 1.50 bits per heavy atom. The summed E-state index contributed by atoms with van der Waals surface area (Å²) in [5, 5.41) is 14.9. The Balaban J connectivity index is 0.000000315. The summed E-state index contributed by atoms with van der Waals surface area (Å²) < 4.78 is 0. The molecule has 5 heteroatoms. The molecule has 1 aliphatic rings. The highest BCUT2D eigenvalue weighted by Gasteiger charge is 2.05. The van der Waals surface area contributed by atoms with Crippen LogP contribution in [0.5, 0.6) is 0 Å². The Bertz CT molecular complexity index is 194. The minimum Gasteiger partial charge on any atom is -0.465 e. The molecule has 3 N–H and O–H groups in total. The van der Waals surface area contributed by atoms with Crippen LogP contribution in [-0.2, 0) is 0 Å². The third-order valence-electron chi connectivity index (χ3n) is 1.93. The zero-order valence-electron chi connectivity index (χ0n) is 9.61. The minimum absolute atomic E-state index is 0.349. The first-order valence-electron chi connectivity index (χ1n) is 5.33. The minimum atomic E-state index is -0.945. The summed E-state index contributed by atoms with van der Waals surface area (Å²) in [7, 11) is 0. The normalized spacial score (nSPS) is 14.2. The van der Waals surface area contributed by atoms with Gasteiger partial charge in [0.1, 0.15) is 0 Å². The van der Waals surface area contributed by atoms with Crippen LogP contribution in [0, 0.1) is 0 Å². The molecule has 16 heavy (non-hydrogen) atoms. The number of carbonyl (C=O) groups is 1. The van der Waals surface area contributed by atoms with E-state index in [1.54, 1.807) is 0 Å². The molecule has 0 aromatic heterocycles. The predicted octanol–water partition coefficient (Wildman–Crippen LogP) is 0.518. The van der Waals surface area contributed by atoms with Crippen molar-refractivity contribution in [2.75, 3.05) is 39.3 Å². The lowest BCUT2D eigenvalue weighted by Gasteiger charge is -2.13. The molecule has 0 aromatic carbocycles. The van der Waals surface area contributed by atoms with Crippen LogP contribution in [0.15, 0.2) is 25.3 Å². The van der Waals surface area contributed by atoms with Gasteiger partial charge in [-0.2, -0.15) is 0 Å². The summed E-state index contributed by atoms with van der Waals surface area (Å²) in [5.41, 5.74) is 0. The van der Waals surface area contributed by atoms with Crippen LogP contribution in [0.2, 0.25) is 0 Å². The van der Waals surface area contributed by atoms with Gasteiger partial charge in [0, 0.05) is 39.3 Å². The molecule has 0 radical (unpaired) electrons. The number of hydrogen-bond acceptors (Lipinski definition) is 3. The average Bonchev–Trinajstić information content (AvgIpc) is 2.32. The Morgan fingerprint density at radius 3 is 1.69 bits per heavy atom. The molecule has 1 aliphatic heterocycles. The molecule has 0 unspecified atom stereocenters. The van der Waals surface area contributed by atoms with Gasteiger partial charge in [-0.3, -0.25) is 0 Å². The first-order valence-corrected chi connectivity index (χ1v) is 5.33. The Labute approximate surface area is 96.8 Å². The molecule has 0 spiro atoms. The molecule has 0 atom stereocenters. The Kier molecular flexibility index (Phi) is 9.35. The van der Waals surface area contributed by atoms with Gasteiger partial charge in [-0.25, -0.2) is 4.79 Å². The zero-order valence-corrected chi connectivity index (χ0v) is 9.61. The first kappa shape index (κ1) is 14.7. The van der Waals surface area contributed by atoms with E-state index in [1.807, 2.05) is 0 Å². The number of piperazine rings is 1. The molecule has 0 saturated carbocycles. The molecule has 1 heterocycles. The average molecular weight is 227 g/mol. The van der Waals surface area contributed by atoms with Gasteiger partial charge < -0.3 is 20.6 Å². The molecule has 0 aliphatic carbocycles. The van der Waals surface area contributed by atoms with E-state index in [-0.39, 0.29) is 0 Å². The van der Waals surface area contributed by atoms with E-state index in [2.05, 4.69) is 23.8 Å². The van der Waals surface area contributed by atoms with Crippen molar-refractivity contribution in [3.63, 3.8) is 0 Å². The van der Waals surface area contributed by atoms with E-state index in [4.69, 9.17) is 5.11 Å². The predicted molar refractivity (Wildman–Crippen MR) is 65.7 cm³/mol. The lowest BCUT2D eigenvalue weighted by atomic mass is 10.4. The molecule has 1 saturated heterocycles. The van der Waals surface area contributed by atoms with Crippen LogP contribution in [0.1, 0.15) is 0 Å². The lowest BCUT2D eigenvalue weighted by molar-refractivity contribution is 0.155. The van der Waals surface area contributed by atoms with E-state index >= 15 is 0 Å². The largest absolute Gasteiger partial charge is 0.465 e. The van der Waals surface area contributed by atoms with E-state index in [1.165, 1.54) is 17.1 Å². The molecular weight excluding hydrogens is 206 g/mol. The maximum absolute atomic E-state index is 10.3. The topological polar surface area (TPSA) is 64.6 Å². The smallest absolute Gasteiger partial charge is 0.407 e. The van der Waals surface area contributed by atoms with Gasteiger partial charge in [0.05, 0.1) is 0 Å². The summed E-state index contributed by atoms with van der Waals surface area (Å²) in [4.78, 5) is 11.5. The van der Waals surface area contributed by atoms with Gasteiger partial charge in [-0.1, -0.05) is 12.2 Å². The highest BCUT2D eigenvalue weighted by molar-refractivity contribution is 5.65. The standard InChI is InChI=1S/C7H11NO2.C4H10N2/c1-3-5-8(6-4-2)7(9)10;1-2-6-4-3-5-1/h3-4H,1-2,5-6H2,(H,9,10);5-6H,1-4H2. The van der Waals surface area contributed by atoms with E-state index in [0.29, 0.717) is 13.1 Å². The van der Waals surface area contributed by atoms with Crippen LogP contribution in [0.3, 0.4) is 0 Å². The second kappa shape index (κ2) is 10.2. The SMILES string of the molecule is C1CNCCN1.C=CCN(CC=C)C(=O)O. The summed E-state index contributed by atoms with van der Waals surface area (Å²) in [6.45, 7) is 12.1. The monoisotopic (exact) mass is 227 g/mol. The first-order chi connectivity index (χ1) is 7.72. The highest BCUT2D eigenvalue weighted by atomic mass is 16.4. The lowest BCUT2D eigenvalue weighted by Crippen LogP contribution is -2.39. The van der Waals surface area contributed by atoms with Crippen molar-refractivity contribution < 1.29 is 9.90 Å². The molecule has 1 amide bonds. The fourth-order valence-corrected chi connectivity index (χ4v) is 1.15. The number of amides is 1. The number of nitrogens with zero attached hydrogens (tertiary/aromatic N) is 1. The molecule has 92 valence electrons. The van der Waals surface area contributed by atoms with Crippen LogP contribution in [0.25, 0.3) is 0 Å². The van der Waals surface area contributed by atoms with Gasteiger partial charge >= 0.3 is 6.09 Å². The number of rotatable bonds is 4. The van der Waals surface area contributed by atoms with Crippen LogP contribution in [0.4, 0.5) is 4.79 Å². The maximum Gasteiger partial charge on any atom is 0.407 e. The molecule has 5 nitrogen and oxygen atoms in total. The van der Waals surface area contributed by atoms with Gasteiger partial charge in [0.2, 0.25) is 0 Å². The van der Waals surface area contributed by atoms with Crippen molar-refractivity contribution in [1.29, 1.82) is 0 Å². The van der Waals surface area contributed by atoms with E-state index < -0.39 is 6.09 Å². The molecule has 1 rings (SSSR count). The van der Waals surface area contributed by atoms with Crippen molar-refractivity contribution >= 4 is 6.09 Å². The van der Waals surface area contributed by atoms with Crippen LogP contribution in [-0.4, -0.2) is 55.4 Å². The second-order valence-electron chi connectivity index (χ2n) is 3.26. The van der Waals surface area contributed by atoms with Crippen LogP contribution >= 0.6 is 0 Å². The fourth-order valence-electron chi connectivity index (χ4n) is 1.15. The summed E-state index contributed by atoms with van der Waals surface area (Å²) >= 11 is 0. The third-order valence-corrected chi connectivity index (χ3v) is 1.93. The molecule has 1 fully saturated rings. The summed E-state index contributed by atoms with van der Waals surface area (Å²) in [6, 6.07) is 0. The fraction of sp³-hybridized carbons (Fsp3) is 0.545. The van der Waals surface area contributed by atoms with Crippen LogP contribution < -0.4 is 10.6 Å². The number of nitrogens with one attached hydrogen (secondary N) is 2. The second-order valence-corrected chi connectivity index (χ2v) is 3.26. The summed E-state index contributed by atoms with van der Waals surface area (Å²) in [5.74, 6) is 0. The number of carboxylic acid groups (broad SMARTS) is 1. The van der Waals surface area contributed by atoms with Crippen molar-refractivity contribution in [1.82, 2.24) is 15.5 Å². The van der Waals surface area contributed by atoms with Crippen molar-refractivity contribution in [3.05, 3.63) is 25.3 Å². The van der Waals surface area contributed by atoms with Crippen molar-refractivity contribution in [2.24, 2.45) is 0 Å². The molecular formula is C11H21N3O2.